The van der Waals surface area contributed by atoms with E-state index in [9.17, 15) is 9.59 Å². The number of aromatic nitrogens is 2. The monoisotopic (exact) mass is 412 g/mol. The molecule has 7 nitrogen and oxygen atoms in total. The Morgan fingerprint density at radius 2 is 1.93 bits per heavy atom. The third kappa shape index (κ3) is 5.14. The Morgan fingerprint density at radius 1 is 1.17 bits per heavy atom. The number of anilines is 1. The van der Waals surface area contributed by atoms with Crippen LogP contribution in [0, 0.1) is 6.92 Å². The van der Waals surface area contributed by atoms with Gasteiger partial charge in [0.2, 0.25) is 0 Å². The topological polar surface area (TPSA) is 85.2 Å². The number of hydrogen-bond acceptors (Lipinski definition) is 4. The van der Waals surface area contributed by atoms with Gasteiger partial charge >= 0.3 is 0 Å². The van der Waals surface area contributed by atoms with Crippen LogP contribution in [0.5, 0.6) is 5.75 Å². The highest BCUT2D eigenvalue weighted by atomic mass is 35.5. The van der Waals surface area contributed by atoms with Gasteiger partial charge in [-0.3, -0.25) is 9.59 Å². The summed E-state index contributed by atoms with van der Waals surface area (Å²) < 4.78 is 7.06. The summed E-state index contributed by atoms with van der Waals surface area (Å²) in [5, 5.41) is 10.4. The standard InChI is InChI=1S/C21H21ClN4O3/c1-3-23-20(27)13-29-18-9-7-16(8-10-18)25-21(28)19-12-24-26(14(19)2)17-6-4-5-15(22)11-17/h4-12H,3,13H2,1-2H3,(H,23,27)(H,25,28). The van der Waals surface area contributed by atoms with Crippen LogP contribution in [0.2, 0.25) is 5.02 Å². The zero-order chi connectivity index (χ0) is 20.8. The number of likely N-dealkylation sites (N-methyl/N-ethyl adjacent to an activating group) is 1. The first-order valence-electron chi connectivity index (χ1n) is 9.09. The predicted octanol–water partition coefficient (Wildman–Crippen LogP) is 3.60. The molecule has 3 rings (SSSR count). The molecule has 2 amide bonds. The van der Waals surface area contributed by atoms with Gasteiger partial charge < -0.3 is 15.4 Å². The summed E-state index contributed by atoms with van der Waals surface area (Å²) in [6.45, 7) is 4.17. The van der Waals surface area contributed by atoms with Crippen molar-refractivity contribution in [2.24, 2.45) is 0 Å². The van der Waals surface area contributed by atoms with E-state index in [2.05, 4.69) is 15.7 Å². The van der Waals surface area contributed by atoms with Gasteiger partial charge in [0.1, 0.15) is 5.75 Å². The summed E-state index contributed by atoms with van der Waals surface area (Å²) in [6.07, 6.45) is 1.52. The van der Waals surface area contributed by atoms with Crippen molar-refractivity contribution in [1.29, 1.82) is 0 Å². The lowest BCUT2D eigenvalue weighted by atomic mass is 10.2. The van der Waals surface area contributed by atoms with Gasteiger partial charge in [-0.25, -0.2) is 4.68 Å². The number of carbonyl (C=O) groups is 2. The molecule has 1 aromatic heterocycles. The van der Waals surface area contributed by atoms with Gasteiger partial charge in [0.05, 0.1) is 23.1 Å². The summed E-state index contributed by atoms with van der Waals surface area (Å²) >= 11 is 6.04. The van der Waals surface area contributed by atoms with Gasteiger partial charge in [-0.2, -0.15) is 5.10 Å². The lowest BCUT2D eigenvalue weighted by Gasteiger charge is -2.09. The average molecular weight is 413 g/mol. The van der Waals surface area contributed by atoms with Gasteiger partial charge in [0.15, 0.2) is 6.61 Å². The molecule has 0 bridgehead atoms. The van der Waals surface area contributed by atoms with Gasteiger partial charge in [-0.05, 0) is 56.3 Å². The SMILES string of the molecule is CCNC(=O)COc1ccc(NC(=O)c2cnn(-c3cccc(Cl)c3)c2C)cc1. The summed E-state index contributed by atoms with van der Waals surface area (Å²) in [4.78, 5) is 24.1. The van der Waals surface area contributed by atoms with E-state index in [0.717, 1.165) is 5.69 Å². The van der Waals surface area contributed by atoms with Crippen molar-refractivity contribution in [2.75, 3.05) is 18.5 Å². The summed E-state index contributed by atoms with van der Waals surface area (Å²) in [6, 6.07) is 14.1. The molecule has 0 unspecified atom stereocenters. The summed E-state index contributed by atoms with van der Waals surface area (Å²) in [5.41, 5.74) is 2.55. The Balaban J connectivity index is 1.65. The molecular weight excluding hydrogens is 392 g/mol. The highest BCUT2D eigenvalue weighted by Gasteiger charge is 2.15. The van der Waals surface area contributed by atoms with Crippen molar-refractivity contribution in [3.63, 3.8) is 0 Å². The second-order valence-corrected chi connectivity index (χ2v) is 6.69. The number of hydrogen-bond donors (Lipinski definition) is 2. The fourth-order valence-electron chi connectivity index (χ4n) is 2.73. The minimum absolute atomic E-state index is 0.0541. The van der Waals surface area contributed by atoms with Crippen LogP contribution in [0.15, 0.2) is 54.7 Å². The van der Waals surface area contributed by atoms with Crippen molar-refractivity contribution >= 4 is 29.1 Å². The van der Waals surface area contributed by atoms with Gasteiger partial charge in [0, 0.05) is 17.3 Å². The highest BCUT2D eigenvalue weighted by Crippen LogP contribution is 2.20. The molecule has 2 aromatic carbocycles. The third-order valence-electron chi connectivity index (χ3n) is 4.16. The normalized spacial score (nSPS) is 10.4. The molecule has 0 fully saturated rings. The molecule has 8 heteroatoms. The van der Waals surface area contributed by atoms with Gasteiger partial charge in [-0.1, -0.05) is 17.7 Å². The Bertz CT molecular complexity index is 1020. The largest absolute Gasteiger partial charge is 0.484 e. The average Bonchev–Trinajstić information content (AvgIpc) is 3.09. The minimum atomic E-state index is -0.272. The molecule has 29 heavy (non-hydrogen) atoms. The van der Waals surface area contributed by atoms with Crippen LogP contribution in [-0.2, 0) is 4.79 Å². The second kappa shape index (κ2) is 9.25. The number of rotatable bonds is 7. The van der Waals surface area contributed by atoms with E-state index in [1.54, 1.807) is 41.1 Å². The smallest absolute Gasteiger partial charge is 0.259 e. The fourth-order valence-corrected chi connectivity index (χ4v) is 2.92. The fraction of sp³-hybridized carbons (Fsp3) is 0.190. The van der Waals surface area contributed by atoms with Crippen LogP contribution < -0.4 is 15.4 Å². The maximum Gasteiger partial charge on any atom is 0.259 e. The summed E-state index contributed by atoms with van der Waals surface area (Å²) in [5.74, 6) is 0.0862. The maximum atomic E-state index is 12.6. The summed E-state index contributed by atoms with van der Waals surface area (Å²) in [7, 11) is 0. The third-order valence-corrected chi connectivity index (χ3v) is 4.40. The first kappa shape index (κ1) is 20.4. The molecule has 0 atom stereocenters. The molecule has 0 spiro atoms. The van der Waals surface area contributed by atoms with Crippen molar-refractivity contribution in [3.8, 4) is 11.4 Å². The predicted molar refractivity (Wildman–Crippen MR) is 112 cm³/mol. The van der Waals surface area contributed by atoms with E-state index in [1.807, 2.05) is 26.0 Å². The molecule has 1 heterocycles. The van der Waals surface area contributed by atoms with Crippen LogP contribution in [0.1, 0.15) is 23.0 Å². The van der Waals surface area contributed by atoms with E-state index in [-0.39, 0.29) is 18.4 Å². The van der Waals surface area contributed by atoms with Crippen molar-refractivity contribution in [1.82, 2.24) is 15.1 Å². The van der Waals surface area contributed by atoms with Crippen LogP contribution in [0.4, 0.5) is 5.69 Å². The van der Waals surface area contributed by atoms with Gasteiger partial charge in [-0.15, -0.1) is 0 Å². The number of nitrogens with one attached hydrogen (secondary N) is 2. The molecule has 0 saturated heterocycles. The Morgan fingerprint density at radius 3 is 2.62 bits per heavy atom. The molecule has 0 aliphatic rings. The quantitative estimate of drug-likeness (QED) is 0.620. The van der Waals surface area contributed by atoms with Crippen molar-refractivity contribution in [2.45, 2.75) is 13.8 Å². The van der Waals surface area contributed by atoms with E-state index >= 15 is 0 Å². The number of ether oxygens (including phenoxy) is 1. The first-order chi connectivity index (χ1) is 14.0. The Labute approximate surface area is 173 Å². The van der Waals surface area contributed by atoms with E-state index in [1.165, 1.54) is 6.20 Å². The zero-order valence-electron chi connectivity index (χ0n) is 16.1. The van der Waals surface area contributed by atoms with Crippen LogP contribution in [0.25, 0.3) is 5.69 Å². The number of benzene rings is 2. The van der Waals surface area contributed by atoms with Crippen molar-refractivity contribution in [3.05, 3.63) is 71.0 Å². The molecule has 2 N–H and O–H groups in total. The number of halogens is 1. The van der Waals surface area contributed by atoms with E-state index in [4.69, 9.17) is 16.3 Å². The molecular formula is C21H21ClN4O3. The Kier molecular flexibility index (Phi) is 6.51. The zero-order valence-corrected chi connectivity index (χ0v) is 16.9. The number of amides is 2. The van der Waals surface area contributed by atoms with Crippen LogP contribution in [-0.4, -0.2) is 34.7 Å². The molecule has 0 radical (unpaired) electrons. The second-order valence-electron chi connectivity index (χ2n) is 6.26. The highest BCUT2D eigenvalue weighted by molar-refractivity contribution is 6.30. The number of carbonyl (C=O) groups excluding carboxylic acids is 2. The lowest BCUT2D eigenvalue weighted by Crippen LogP contribution is -2.28. The Hall–Kier alpha value is -3.32. The van der Waals surface area contributed by atoms with E-state index < -0.39 is 0 Å². The minimum Gasteiger partial charge on any atom is -0.484 e. The number of nitrogens with zero attached hydrogens (tertiary/aromatic N) is 2. The molecule has 3 aromatic rings. The first-order valence-corrected chi connectivity index (χ1v) is 9.47. The van der Waals surface area contributed by atoms with Gasteiger partial charge in [0.25, 0.3) is 11.8 Å². The van der Waals surface area contributed by atoms with Crippen LogP contribution >= 0.6 is 11.6 Å². The van der Waals surface area contributed by atoms with E-state index in [0.29, 0.717) is 34.3 Å². The lowest BCUT2D eigenvalue weighted by molar-refractivity contribution is -0.122. The maximum absolute atomic E-state index is 12.6. The molecule has 150 valence electrons. The molecule has 0 aliphatic heterocycles. The van der Waals surface area contributed by atoms with Crippen LogP contribution in [0.3, 0.4) is 0 Å². The molecule has 0 aliphatic carbocycles. The van der Waals surface area contributed by atoms with Crippen molar-refractivity contribution < 1.29 is 14.3 Å². The molecule has 0 saturated carbocycles.